The van der Waals surface area contributed by atoms with Gasteiger partial charge in [0.1, 0.15) is 5.69 Å². The van der Waals surface area contributed by atoms with E-state index >= 15 is 0 Å². The second kappa shape index (κ2) is 8.31. The Morgan fingerprint density at radius 1 is 1.43 bits per heavy atom. The van der Waals surface area contributed by atoms with Gasteiger partial charge in [-0.15, -0.1) is 0 Å². The topological polar surface area (TPSA) is 76.4 Å². The van der Waals surface area contributed by atoms with Crippen molar-refractivity contribution in [2.45, 2.75) is 25.4 Å². The van der Waals surface area contributed by atoms with E-state index in [0.29, 0.717) is 29.4 Å². The van der Waals surface area contributed by atoms with Gasteiger partial charge in [0.15, 0.2) is 0 Å². The van der Waals surface area contributed by atoms with Crippen molar-refractivity contribution in [3.05, 3.63) is 32.8 Å². The first-order valence-electron chi connectivity index (χ1n) is 7.17. The molecule has 0 radical (unpaired) electrons. The molecule has 0 saturated carbocycles. The molecule has 0 spiro atoms. The van der Waals surface area contributed by atoms with Crippen molar-refractivity contribution >= 4 is 27.3 Å². The second-order valence-electron chi connectivity index (χ2n) is 5.02. The Kier molecular flexibility index (Phi) is 6.41. The van der Waals surface area contributed by atoms with Crippen molar-refractivity contribution in [1.82, 2.24) is 5.32 Å². The van der Waals surface area contributed by atoms with Crippen LogP contribution < -0.4 is 10.6 Å². The maximum Gasteiger partial charge on any atom is 0.293 e. The minimum Gasteiger partial charge on any atom is -0.379 e. The smallest absolute Gasteiger partial charge is 0.293 e. The average Bonchev–Trinajstić information content (AvgIpc) is 2.49. The molecule has 0 aromatic heterocycles. The van der Waals surface area contributed by atoms with Gasteiger partial charge in [-0.2, -0.15) is 0 Å². The van der Waals surface area contributed by atoms with Crippen molar-refractivity contribution in [2.24, 2.45) is 0 Å². The monoisotopic (exact) mass is 357 g/mol. The van der Waals surface area contributed by atoms with Crippen LogP contribution in [0.1, 0.15) is 19.3 Å². The molecule has 1 aliphatic heterocycles. The summed E-state index contributed by atoms with van der Waals surface area (Å²) in [6, 6.07) is 5.02. The van der Waals surface area contributed by atoms with Gasteiger partial charge in [0, 0.05) is 23.7 Å². The third kappa shape index (κ3) is 5.26. The van der Waals surface area contributed by atoms with Gasteiger partial charge in [0.25, 0.3) is 5.69 Å². The Morgan fingerprint density at radius 3 is 2.90 bits per heavy atom. The molecule has 0 bridgehead atoms. The van der Waals surface area contributed by atoms with Gasteiger partial charge in [0.05, 0.1) is 11.0 Å². The van der Waals surface area contributed by atoms with Crippen molar-refractivity contribution in [3.63, 3.8) is 0 Å². The number of piperidine rings is 1. The summed E-state index contributed by atoms with van der Waals surface area (Å²) in [5, 5.41) is 17.4. The molecule has 1 aromatic rings. The van der Waals surface area contributed by atoms with E-state index < -0.39 is 0 Å². The van der Waals surface area contributed by atoms with E-state index in [2.05, 4.69) is 26.6 Å². The SMILES string of the molecule is O=[N+]([O-])c1cc(Br)ccc1NCCCOC1CCNCC1. The Morgan fingerprint density at radius 2 is 2.19 bits per heavy atom. The molecule has 116 valence electrons. The highest BCUT2D eigenvalue weighted by Crippen LogP contribution is 2.27. The lowest BCUT2D eigenvalue weighted by atomic mass is 10.1. The van der Waals surface area contributed by atoms with E-state index in [1.54, 1.807) is 12.1 Å². The first kappa shape index (κ1) is 16.2. The molecule has 7 heteroatoms. The number of nitro benzene ring substituents is 1. The standard InChI is InChI=1S/C14H20BrN3O3/c15-11-2-3-13(14(10-11)18(19)20)17-6-1-9-21-12-4-7-16-8-5-12/h2-3,10,12,16-17H,1,4-9H2. The van der Waals surface area contributed by atoms with Crippen LogP contribution in [0.2, 0.25) is 0 Å². The van der Waals surface area contributed by atoms with E-state index in [1.807, 2.05) is 0 Å². The molecule has 1 heterocycles. The van der Waals surface area contributed by atoms with Gasteiger partial charge >= 0.3 is 0 Å². The summed E-state index contributed by atoms with van der Waals surface area (Å²) in [7, 11) is 0. The average molecular weight is 358 g/mol. The fourth-order valence-electron chi connectivity index (χ4n) is 2.31. The molecule has 0 unspecified atom stereocenters. The first-order valence-corrected chi connectivity index (χ1v) is 7.96. The maximum atomic E-state index is 11.0. The number of nitro groups is 1. The van der Waals surface area contributed by atoms with E-state index in [1.165, 1.54) is 6.07 Å². The van der Waals surface area contributed by atoms with Crippen molar-refractivity contribution in [2.75, 3.05) is 31.6 Å². The van der Waals surface area contributed by atoms with Gasteiger partial charge in [-0.05, 0) is 44.5 Å². The molecule has 2 N–H and O–H groups in total. The van der Waals surface area contributed by atoms with E-state index in [4.69, 9.17) is 4.74 Å². The zero-order valence-electron chi connectivity index (χ0n) is 11.8. The zero-order valence-corrected chi connectivity index (χ0v) is 13.4. The van der Waals surface area contributed by atoms with E-state index in [9.17, 15) is 10.1 Å². The normalized spacial score (nSPS) is 15.9. The summed E-state index contributed by atoms with van der Waals surface area (Å²) in [5.41, 5.74) is 0.633. The molecule has 0 amide bonds. The van der Waals surface area contributed by atoms with Gasteiger partial charge in [0.2, 0.25) is 0 Å². The molecule has 1 aromatic carbocycles. The molecule has 2 rings (SSSR count). The lowest BCUT2D eigenvalue weighted by Crippen LogP contribution is -2.32. The zero-order chi connectivity index (χ0) is 15.1. The Labute approximate surface area is 132 Å². The summed E-state index contributed by atoms with van der Waals surface area (Å²) in [6.07, 6.45) is 3.31. The third-order valence-electron chi connectivity index (χ3n) is 3.43. The molecule has 0 atom stereocenters. The molecule has 1 saturated heterocycles. The van der Waals surface area contributed by atoms with Crippen LogP contribution in [-0.4, -0.2) is 37.3 Å². The van der Waals surface area contributed by atoms with Crippen LogP contribution in [0.25, 0.3) is 0 Å². The maximum absolute atomic E-state index is 11.0. The predicted octanol–water partition coefficient (Wildman–Crippen LogP) is 2.93. The summed E-state index contributed by atoms with van der Waals surface area (Å²) < 4.78 is 6.50. The number of nitrogens with zero attached hydrogens (tertiary/aromatic N) is 1. The quantitative estimate of drug-likeness (QED) is 0.445. The van der Waals surface area contributed by atoms with Crippen LogP contribution in [-0.2, 0) is 4.74 Å². The number of halogens is 1. The Bertz CT molecular complexity index is 479. The van der Waals surface area contributed by atoms with Crippen molar-refractivity contribution < 1.29 is 9.66 Å². The minimum atomic E-state index is -0.376. The van der Waals surface area contributed by atoms with E-state index in [-0.39, 0.29) is 10.6 Å². The molecular weight excluding hydrogens is 338 g/mol. The van der Waals surface area contributed by atoms with Gasteiger partial charge < -0.3 is 15.4 Å². The van der Waals surface area contributed by atoms with Gasteiger partial charge in [-0.1, -0.05) is 15.9 Å². The summed E-state index contributed by atoms with van der Waals surface area (Å²) in [5.74, 6) is 0. The van der Waals surface area contributed by atoms with Gasteiger partial charge in [-0.3, -0.25) is 10.1 Å². The summed E-state index contributed by atoms with van der Waals surface area (Å²) in [6.45, 7) is 3.39. The summed E-state index contributed by atoms with van der Waals surface area (Å²) in [4.78, 5) is 10.6. The van der Waals surface area contributed by atoms with Crippen LogP contribution in [0.5, 0.6) is 0 Å². The van der Waals surface area contributed by atoms with Gasteiger partial charge in [-0.25, -0.2) is 0 Å². The fraction of sp³-hybridized carbons (Fsp3) is 0.571. The lowest BCUT2D eigenvalue weighted by Gasteiger charge is -2.22. The minimum absolute atomic E-state index is 0.0867. The van der Waals surface area contributed by atoms with Crippen LogP contribution in [0.4, 0.5) is 11.4 Å². The molecule has 21 heavy (non-hydrogen) atoms. The van der Waals surface area contributed by atoms with E-state index in [0.717, 1.165) is 32.4 Å². The molecule has 1 aliphatic rings. The van der Waals surface area contributed by atoms with Crippen LogP contribution in [0.15, 0.2) is 22.7 Å². The lowest BCUT2D eigenvalue weighted by molar-refractivity contribution is -0.384. The molecule has 0 aliphatic carbocycles. The Balaban J connectivity index is 1.72. The largest absolute Gasteiger partial charge is 0.379 e. The van der Waals surface area contributed by atoms with Crippen molar-refractivity contribution in [3.8, 4) is 0 Å². The predicted molar refractivity (Wildman–Crippen MR) is 85.7 cm³/mol. The number of ether oxygens (including phenoxy) is 1. The number of benzene rings is 1. The fourth-order valence-corrected chi connectivity index (χ4v) is 2.66. The number of rotatable bonds is 7. The molecule has 6 nitrogen and oxygen atoms in total. The summed E-state index contributed by atoms with van der Waals surface area (Å²) >= 11 is 3.24. The molecule has 1 fully saturated rings. The Hall–Kier alpha value is -1.18. The highest BCUT2D eigenvalue weighted by atomic mass is 79.9. The van der Waals surface area contributed by atoms with Crippen LogP contribution in [0, 0.1) is 10.1 Å². The number of hydrogen-bond donors (Lipinski definition) is 2. The van der Waals surface area contributed by atoms with Crippen LogP contribution in [0.3, 0.4) is 0 Å². The number of hydrogen-bond acceptors (Lipinski definition) is 5. The first-order chi connectivity index (χ1) is 10.2. The third-order valence-corrected chi connectivity index (χ3v) is 3.93. The second-order valence-corrected chi connectivity index (χ2v) is 5.93. The number of nitrogens with one attached hydrogen (secondary N) is 2. The van der Waals surface area contributed by atoms with Crippen LogP contribution >= 0.6 is 15.9 Å². The highest BCUT2D eigenvalue weighted by Gasteiger charge is 2.14. The molecular formula is C14H20BrN3O3. The number of anilines is 1. The van der Waals surface area contributed by atoms with Crippen molar-refractivity contribution in [1.29, 1.82) is 0 Å². The highest BCUT2D eigenvalue weighted by molar-refractivity contribution is 9.10.